The van der Waals surface area contributed by atoms with Gasteiger partial charge in [-0.1, -0.05) is 0 Å². The Kier molecular flexibility index (Phi) is 4.76. The Bertz CT molecular complexity index is 661. The summed E-state index contributed by atoms with van der Waals surface area (Å²) in [4.78, 5) is 14.7. The molecule has 0 aliphatic carbocycles. The molecule has 0 saturated carbocycles. The van der Waals surface area contributed by atoms with Crippen LogP contribution >= 0.6 is 0 Å². The summed E-state index contributed by atoms with van der Waals surface area (Å²) in [5.74, 6) is 0.0614. The van der Waals surface area contributed by atoms with Gasteiger partial charge >= 0.3 is 0 Å². The van der Waals surface area contributed by atoms with Crippen molar-refractivity contribution in [3.05, 3.63) is 47.8 Å². The molecule has 2 heterocycles. The number of aryl methyl sites for hydroxylation is 1. The highest BCUT2D eigenvalue weighted by atomic mass is 16.3. The number of carbonyl (C=O) groups is 1. The smallest absolute Gasteiger partial charge is 0.254 e. The fourth-order valence-corrected chi connectivity index (χ4v) is 3.19. The minimum absolute atomic E-state index is 0.0614. The lowest BCUT2D eigenvalue weighted by atomic mass is 9.98. The van der Waals surface area contributed by atoms with E-state index < -0.39 is 0 Å². The van der Waals surface area contributed by atoms with Crippen LogP contribution in [0.3, 0.4) is 0 Å². The van der Waals surface area contributed by atoms with E-state index in [9.17, 15) is 9.90 Å². The summed E-state index contributed by atoms with van der Waals surface area (Å²) in [6.07, 6.45) is 7.59. The Morgan fingerprint density at radius 1 is 1.30 bits per heavy atom. The molecule has 1 unspecified atom stereocenters. The number of aliphatic hydroxyl groups excluding tert-OH is 1. The number of carbonyl (C=O) groups excluding carboxylic acids is 1. The Morgan fingerprint density at radius 2 is 2.09 bits per heavy atom. The maximum absolute atomic E-state index is 12.8. The molecule has 0 spiro atoms. The van der Waals surface area contributed by atoms with Crippen LogP contribution < -0.4 is 0 Å². The van der Waals surface area contributed by atoms with Crippen LogP contribution in [0.5, 0.6) is 0 Å². The second kappa shape index (κ2) is 6.96. The van der Waals surface area contributed by atoms with Crippen LogP contribution in [0.25, 0.3) is 5.69 Å². The lowest BCUT2D eigenvalue weighted by molar-refractivity contribution is 0.0574. The normalized spacial score (nSPS) is 18.2. The van der Waals surface area contributed by atoms with Gasteiger partial charge in [-0.2, -0.15) is 5.10 Å². The van der Waals surface area contributed by atoms with E-state index in [1.165, 1.54) is 0 Å². The summed E-state index contributed by atoms with van der Waals surface area (Å²) in [6.45, 7) is 2.91. The molecular weight excluding hydrogens is 290 g/mol. The number of aromatic nitrogens is 2. The van der Waals surface area contributed by atoms with Gasteiger partial charge in [0.2, 0.25) is 0 Å². The summed E-state index contributed by atoms with van der Waals surface area (Å²) in [7, 11) is 0. The molecule has 0 radical (unpaired) electrons. The quantitative estimate of drug-likeness (QED) is 0.944. The SMILES string of the molecule is Cc1cnn(-c2ccc(C(=O)N3CCCCC3CCO)cc2)c1. The van der Waals surface area contributed by atoms with E-state index in [0.717, 1.165) is 37.1 Å². The summed E-state index contributed by atoms with van der Waals surface area (Å²) in [5, 5.41) is 13.5. The highest BCUT2D eigenvalue weighted by Crippen LogP contribution is 2.22. The number of amides is 1. The van der Waals surface area contributed by atoms with Crippen molar-refractivity contribution >= 4 is 5.91 Å². The first-order valence-corrected chi connectivity index (χ1v) is 8.22. The summed E-state index contributed by atoms with van der Waals surface area (Å²) < 4.78 is 1.80. The van der Waals surface area contributed by atoms with Gasteiger partial charge in [0.05, 0.1) is 11.9 Å². The third-order valence-electron chi connectivity index (χ3n) is 4.44. The predicted octanol–water partition coefficient (Wildman–Crippen LogP) is 2.56. The van der Waals surface area contributed by atoms with Crippen LogP contribution in [-0.4, -0.2) is 44.9 Å². The second-order valence-electron chi connectivity index (χ2n) is 6.17. The summed E-state index contributed by atoms with van der Waals surface area (Å²) >= 11 is 0. The van der Waals surface area contributed by atoms with Crippen molar-refractivity contribution in [3.8, 4) is 5.69 Å². The zero-order valence-corrected chi connectivity index (χ0v) is 13.5. The number of rotatable bonds is 4. The third kappa shape index (κ3) is 3.45. The van der Waals surface area contributed by atoms with E-state index in [1.54, 1.807) is 4.68 Å². The minimum Gasteiger partial charge on any atom is -0.396 e. The molecular formula is C18H23N3O2. The van der Waals surface area contributed by atoms with Gasteiger partial charge in [-0.15, -0.1) is 0 Å². The number of nitrogens with zero attached hydrogens (tertiary/aromatic N) is 3. The topological polar surface area (TPSA) is 58.4 Å². The highest BCUT2D eigenvalue weighted by Gasteiger charge is 2.26. The van der Waals surface area contributed by atoms with Crippen molar-refractivity contribution in [2.24, 2.45) is 0 Å². The molecule has 1 amide bonds. The van der Waals surface area contributed by atoms with Crippen molar-refractivity contribution in [1.82, 2.24) is 14.7 Å². The van der Waals surface area contributed by atoms with Crippen LogP contribution in [0.2, 0.25) is 0 Å². The molecule has 5 heteroatoms. The first-order valence-electron chi connectivity index (χ1n) is 8.22. The molecule has 3 rings (SSSR count). The van der Waals surface area contributed by atoms with E-state index in [4.69, 9.17) is 0 Å². The van der Waals surface area contributed by atoms with Gasteiger partial charge < -0.3 is 10.0 Å². The van der Waals surface area contributed by atoms with Crippen molar-refractivity contribution in [3.63, 3.8) is 0 Å². The lowest BCUT2D eigenvalue weighted by Gasteiger charge is -2.35. The Balaban J connectivity index is 1.76. The molecule has 122 valence electrons. The number of piperidine rings is 1. The molecule has 1 aromatic carbocycles. The van der Waals surface area contributed by atoms with Gasteiger partial charge in [0, 0.05) is 31.0 Å². The zero-order chi connectivity index (χ0) is 16.2. The molecule has 1 saturated heterocycles. The molecule has 1 aliphatic heterocycles. The molecule has 5 nitrogen and oxygen atoms in total. The number of benzene rings is 1. The van der Waals surface area contributed by atoms with E-state index in [-0.39, 0.29) is 18.6 Å². The van der Waals surface area contributed by atoms with Gasteiger partial charge in [0.1, 0.15) is 0 Å². The predicted molar refractivity (Wildman–Crippen MR) is 88.7 cm³/mol. The number of hydrogen-bond donors (Lipinski definition) is 1. The monoisotopic (exact) mass is 313 g/mol. The van der Waals surface area contributed by atoms with Crippen molar-refractivity contribution in [1.29, 1.82) is 0 Å². The Labute approximate surface area is 136 Å². The average Bonchev–Trinajstić information content (AvgIpc) is 3.02. The molecule has 1 fully saturated rings. The first-order chi connectivity index (χ1) is 11.2. The van der Waals surface area contributed by atoms with E-state index in [0.29, 0.717) is 12.0 Å². The molecule has 1 atom stereocenters. The van der Waals surface area contributed by atoms with Gasteiger partial charge in [0.25, 0.3) is 5.91 Å². The average molecular weight is 313 g/mol. The maximum Gasteiger partial charge on any atom is 0.254 e. The van der Waals surface area contributed by atoms with Crippen LogP contribution in [-0.2, 0) is 0 Å². The largest absolute Gasteiger partial charge is 0.396 e. The lowest BCUT2D eigenvalue weighted by Crippen LogP contribution is -2.44. The number of likely N-dealkylation sites (tertiary alicyclic amines) is 1. The van der Waals surface area contributed by atoms with Crippen LogP contribution in [0.15, 0.2) is 36.7 Å². The highest BCUT2D eigenvalue weighted by molar-refractivity contribution is 5.94. The molecule has 0 bridgehead atoms. The minimum atomic E-state index is 0.0614. The van der Waals surface area contributed by atoms with Gasteiger partial charge in [0.15, 0.2) is 0 Å². The van der Waals surface area contributed by atoms with E-state index >= 15 is 0 Å². The maximum atomic E-state index is 12.8. The molecule has 1 aliphatic rings. The van der Waals surface area contributed by atoms with Crippen molar-refractivity contribution in [2.45, 2.75) is 38.6 Å². The summed E-state index contributed by atoms with van der Waals surface area (Å²) in [5.41, 5.74) is 2.74. The fourth-order valence-electron chi connectivity index (χ4n) is 3.19. The molecule has 23 heavy (non-hydrogen) atoms. The second-order valence-corrected chi connectivity index (χ2v) is 6.17. The Hall–Kier alpha value is -2.14. The molecule has 2 aromatic rings. The van der Waals surface area contributed by atoms with E-state index in [2.05, 4.69) is 5.10 Å². The molecule has 1 aromatic heterocycles. The zero-order valence-electron chi connectivity index (χ0n) is 13.5. The number of aliphatic hydroxyl groups is 1. The fraction of sp³-hybridized carbons (Fsp3) is 0.444. The van der Waals surface area contributed by atoms with Gasteiger partial charge in [-0.3, -0.25) is 4.79 Å². The molecule has 1 N–H and O–H groups in total. The Morgan fingerprint density at radius 3 is 2.74 bits per heavy atom. The summed E-state index contributed by atoms with van der Waals surface area (Å²) in [6, 6.07) is 7.73. The third-order valence-corrected chi connectivity index (χ3v) is 4.44. The van der Waals surface area contributed by atoms with Crippen molar-refractivity contribution in [2.75, 3.05) is 13.2 Å². The standard InChI is InChI=1S/C18H23N3O2/c1-14-12-19-21(13-14)17-7-5-15(6-8-17)18(23)20-10-3-2-4-16(20)9-11-22/h5-8,12-13,16,22H,2-4,9-11H2,1H3. The van der Waals surface area contributed by atoms with Crippen LogP contribution in [0.1, 0.15) is 41.6 Å². The van der Waals surface area contributed by atoms with Crippen molar-refractivity contribution < 1.29 is 9.90 Å². The van der Waals surface area contributed by atoms with Gasteiger partial charge in [-0.05, 0) is 62.4 Å². The first kappa shape index (κ1) is 15.7. The van der Waals surface area contributed by atoms with Crippen LogP contribution in [0, 0.1) is 6.92 Å². The van der Waals surface area contributed by atoms with E-state index in [1.807, 2.05) is 48.5 Å². The van der Waals surface area contributed by atoms with Gasteiger partial charge in [-0.25, -0.2) is 4.68 Å². The number of hydrogen-bond acceptors (Lipinski definition) is 3. The van der Waals surface area contributed by atoms with Crippen LogP contribution in [0.4, 0.5) is 0 Å².